The Bertz CT molecular complexity index is 1280. The van der Waals surface area contributed by atoms with Crippen molar-refractivity contribution in [2.75, 3.05) is 5.32 Å². The number of amides is 2. The summed E-state index contributed by atoms with van der Waals surface area (Å²) >= 11 is 1.52. The summed E-state index contributed by atoms with van der Waals surface area (Å²) in [5, 5.41) is 7.51. The normalized spacial score (nSPS) is 13.2. The van der Waals surface area contributed by atoms with Crippen molar-refractivity contribution in [2.45, 2.75) is 45.6 Å². The minimum absolute atomic E-state index is 0.160. The third-order valence-corrected chi connectivity index (χ3v) is 7.02. The zero-order valence-corrected chi connectivity index (χ0v) is 18.6. The van der Waals surface area contributed by atoms with Crippen LogP contribution in [-0.2, 0) is 30.6 Å². The molecule has 0 atom stereocenters. The van der Waals surface area contributed by atoms with E-state index >= 15 is 0 Å². The molecule has 3 heterocycles. The van der Waals surface area contributed by atoms with Crippen LogP contribution in [0, 0.1) is 6.92 Å². The van der Waals surface area contributed by atoms with Crippen LogP contribution in [0.15, 0.2) is 51.7 Å². The molecule has 1 aliphatic carbocycles. The van der Waals surface area contributed by atoms with Gasteiger partial charge in [0.25, 0.3) is 5.91 Å². The fourth-order valence-electron chi connectivity index (χ4n) is 4.23. The van der Waals surface area contributed by atoms with E-state index in [4.69, 9.17) is 8.83 Å². The summed E-state index contributed by atoms with van der Waals surface area (Å²) in [6, 6.07) is 9.57. The molecule has 5 rings (SSSR count). The lowest BCUT2D eigenvalue weighted by atomic mass is 9.95. The number of thiophene rings is 1. The molecule has 1 aromatic carbocycles. The molecular weight excluding hydrogens is 424 g/mol. The second kappa shape index (κ2) is 8.67. The Kier molecular flexibility index (Phi) is 5.57. The Hall–Kier alpha value is -3.32. The maximum absolute atomic E-state index is 13.1. The highest BCUT2D eigenvalue weighted by Crippen LogP contribution is 2.38. The van der Waals surface area contributed by atoms with Crippen molar-refractivity contribution in [3.05, 3.63) is 75.7 Å². The molecular formula is C25H24N2O4S. The molecule has 2 amide bonds. The summed E-state index contributed by atoms with van der Waals surface area (Å²) in [6.07, 6.45) is 7.37. The molecule has 0 bridgehead atoms. The zero-order valence-electron chi connectivity index (χ0n) is 17.8. The maximum Gasteiger partial charge on any atom is 0.254 e. The summed E-state index contributed by atoms with van der Waals surface area (Å²) in [5.74, 6) is 0.349. The summed E-state index contributed by atoms with van der Waals surface area (Å²) in [7, 11) is 0. The SMILES string of the molecule is Cc1ccc2c(CC(=O)Nc3sc4c(c3C(=O)NCc3ccco3)CCCC4)coc2c1. The molecule has 0 aliphatic heterocycles. The lowest BCUT2D eigenvalue weighted by Crippen LogP contribution is -2.25. The van der Waals surface area contributed by atoms with E-state index in [1.54, 1.807) is 18.6 Å². The van der Waals surface area contributed by atoms with Crippen molar-refractivity contribution in [1.29, 1.82) is 0 Å². The van der Waals surface area contributed by atoms with E-state index in [2.05, 4.69) is 10.6 Å². The third-order valence-electron chi connectivity index (χ3n) is 5.82. The van der Waals surface area contributed by atoms with Crippen molar-refractivity contribution in [3.8, 4) is 0 Å². The molecule has 1 aliphatic rings. The highest BCUT2D eigenvalue weighted by Gasteiger charge is 2.26. The largest absolute Gasteiger partial charge is 0.467 e. The van der Waals surface area contributed by atoms with E-state index in [1.807, 2.05) is 31.2 Å². The number of rotatable bonds is 6. The molecule has 0 radical (unpaired) electrons. The van der Waals surface area contributed by atoms with Gasteiger partial charge in [-0.3, -0.25) is 9.59 Å². The Morgan fingerprint density at radius 3 is 2.84 bits per heavy atom. The highest BCUT2D eigenvalue weighted by molar-refractivity contribution is 7.17. The van der Waals surface area contributed by atoms with Crippen molar-refractivity contribution >= 4 is 39.1 Å². The first-order valence-electron chi connectivity index (χ1n) is 10.8. The average Bonchev–Trinajstić information content (AvgIpc) is 3.50. The Morgan fingerprint density at radius 2 is 2.00 bits per heavy atom. The monoisotopic (exact) mass is 448 g/mol. The van der Waals surface area contributed by atoms with Crippen LogP contribution in [0.2, 0.25) is 0 Å². The van der Waals surface area contributed by atoms with E-state index < -0.39 is 0 Å². The number of furan rings is 2. The topological polar surface area (TPSA) is 84.5 Å². The molecule has 0 saturated heterocycles. The van der Waals surface area contributed by atoms with Crippen LogP contribution < -0.4 is 10.6 Å². The third kappa shape index (κ3) is 4.08. The highest BCUT2D eigenvalue weighted by atomic mass is 32.1. The van der Waals surface area contributed by atoms with Crippen molar-refractivity contribution in [3.63, 3.8) is 0 Å². The van der Waals surface area contributed by atoms with Gasteiger partial charge in [-0.15, -0.1) is 11.3 Å². The summed E-state index contributed by atoms with van der Waals surface area (Å²) in [4.78, 5) is 27.2. The molecule has 0 unspecified atom stereocenters. The first-order valence-corrected chi connectivity index (χ1v) is 11.6. The van der Waals surface area contributed by atoms with Gasteiger partial charge in [-0.1, -0.05) is 12.1 Å². The molecule has 6 nitrogen and oxygen atoms in total. The number of anilines is 1. The van der Waals surface area contributed by atoms with Gasteiger partial charge in [-0.2, -0.15) is 0 Å². The first kappa shape index (κ1) is 20.6. The van der Waals surface area contributed by atoms with Crippen LogP contribution in [0.1, 0.15) is 50.5 Å². The number of nitrogens with one attached hydrogen (secondary N) is 2. The van der Waals surface area contributed by atoms with Crippen LogP contribution in [0.5, 0.6) is 0 Å². The molecule has 0 spiro atoms. The maximum atomic E-state index is 13.1. The lowest BCUT2D eigenvalue weighted by molar-refractivity contribution is -0.115. The van der Waals surface area contributed by atoms with E-state index in [9.17, 15) is 9.59 Å². The number of aryl methyl sites for hydroxylation is 2. The van der Waals surface area contributed by atoms with E-state index in [0.717, 1.165) is 53.3 Å². The fraction of sp³-hybridized carbons (Fsp3) is 0.280. The van der Waals surface area contributed by atoms with Crippen LogP contribution in [0.4, 0.5) is 5.00 Å². The van der Waals surface area contributed by atoms with Crippen molar-refractivity contribution < 1.29 is 18.4 Å². The van der Waals surface area contributed by atoms with Crippen LogP contribution in [0.25, 0.3) is 11.0 Å². The van der Waals surface area contributed by atoms with Crippen LogP contribution >= 0.6 is 11.3 Å². The number of fused-ring (bicyclic) bond motifs is 2. The smallest absolute Gasteiger partial charge is 0.254 e. The standard InChI is InChI=1S/C25H24N2O4S/c1-15-8-9-18-16(14-31-20(18)11-15)12-22(28)27-25-23(19-6-2-3-7-21(19)32-25)24(29)26-13-17-5-4-10-30-17/h4-5,8-11,14H,2-3,6-7,12-13H2,1H3,(H,26,29)(H,27,28). The predicted molar refractivity (Wildman–Crippen MR) is 124 cm³/mol. The van der Waals surface area contributed by atoms with Crippen LogP contribution in [0.3, 0.4) is 0 Å². The van der Waals surface area contributed by atoms with Crippen molar-refractivity contribution in [2.24, 2.45) is 0 Å². The van der Waals surface area contributed by atoms with Gasteiger partial charge in [0.1, 0.15) is 16.3 Å². The minimum Gasteiger partial charge on any atom is -0.467 e. The lowest BCUT2D eigenvalue weighted by Gasteiger charge is -2.13. The van der Waals surface area contributed by atoms with E-state index in [0.29, 0.717) is 22.9 Å². The molecule has 7 heteroatoms. The Morgan fingerprint density at radius 1 is 1.12 bits per heavy atom. The molecule has 32 heavy (non-hydrogen) atoms. The van der Waals surface area contributed by atoms with Gasteiger partial charge in [0, 0.05) is 15.8 Å². The predicted octanol–water partition coefficient (Wildman–Crippen LogP) is 5.39. The number of carbonyl (C=O) groups is 2. The number of carbonyl (C=O) groups excluding carboxylic acids is 2. The quantitative estimate of drug-likeness (QED) is 0.414. The molecule has 0 fully saturated rings. The first-order chi connectivity index (χ1) is 15.6. The van der Waals surface area contributed by atoms with Crippen LogP contribution in [-0.4, -0.2) is 11.8 Å². The molecule has 2 N–H and O–H groups in total. The number of hydrogen-bond acceptors (Lipinski definition) is 5. The number of hydrogen-bond donors (Lipinski definition) is 2. The Balaban J connectivity index is 1.36. The molecule has 0 saturated carbocycles. The summed E-state index contributed by atoms with van der Waals surface area (Å²) < 4.78 is 10.9. The summed E-state index contributed by atoms with van der Waals surface area (Å²) in [5.41, 5.74) is 4.38. The van der Waals surface area contributed by atoms with Gasteiger partial charge in [0.2, 0.25) is 5.91 Å². The minimum atomic E-state index is -0.180. The molecule has 3 aromatic heterocycles. The molecule has 4 aromatic rings. The van der Waals surface area contributed by atoms with Gasteiger partial charge in [-0.25, -0.2) is 0 Å². The summed E-state index contributed by atoms with van der Waals surface area (Å²) in [6.45, 7) is 2.32. The van der Waals surface area contributed by atoms with Gasteiger partial charge in [-0.05, 0) is 61.9 Å². The van der Waals surface area contributed by atoms with Gasteiger partial charge < -0.3 is 19.5 Å². The Labute approximate surface area is 189 Å². The second-order valence-corrected chi connectivity index (χ2v) is 9.27. The zero-order chi connectivity index (χ0) is 22.1. The van der Waals surface area contributed by atoms with Crippen molar-refractivity contribution in [1.82, 2.24) is 5.32 Å². The van der Waals surface area contributed by atoms with Gasteiger partial charge >= 0.3 is 0 Å². The van der Waals surface area contributed by atoms with E-state index in [-0.39, 0.29) is 18.2 Å². The van der Waals surface area contributed by atoms with E-state index in [1.165, 1.54) is 16.2 Å². The van der Waals surface area contributed by atoms with Gasteiger partial charge in [0.15, 0.2) is 0 Å². The van der Waals surface area contributed by atoms with Gasteiger partial charge in [0.05, 0.1) is 31.1 Å². The fourth-order valence-corrected chi connectivity index (χ4v) is 5.54. The molecule has 164 valence electrons. The number of benzene rings is 1. The second-order valence-electron chi connectivity index (χ2n) is 8.16. The average molecular weight is 449 g/mol.